The van der Waals surface area contributed by atoms with Crippen LogP contribution in [-0.2, 0) is 11.3 Å². The maximum absolute atomic E-state index is 12.5. The topological polar surface area (TPSA) is 96.5 Å². The zero-order valence-corrected chi connectivity index (χ0v) is 18.6. The highest BCUT2D eigenvalue weighted by atomic mass is 16.7. The van der Waals surface area contributed by atoms with E-state index in [0.717, 1.165) is 44.3 Å². The van der Waals surface area contributed by atoms with Crippen LogP contribution in [0.2, 0.25) is 0 Å². The number of pyridine rings is 1. The number of hydrogen-bond donors (Lipinski definition) is 3. The number of aromatic amines is 1. The summed E-state index contributed by atoms with van der Waals surface area (Å²) in [6, 6.07) is 22.6. The second-order valence-electron chi connectivity index (χ2n) is 8.27. The van der Waals surface area contributed by atoms with Gasteiger partial charge in [-0.2, -0.15) is 0 Å². The number of hydrogen-bond acceptors (Lipinski definition) is 5. The van der Waals surface area contributed by atoms with E-state index in [2.05, 4.69) is 16.4 Å². The van der Waals surface area contributed by atoms with Crippen molar-refractivity contribution in [3.63, 3.8) is 0 Å². The van der Waals surface area contributed by atoms with Gasteiger partial charge in [0.2, 0.25) is 12.7 Å². The fourth-order valence-corrected chi connectivity index (χ4v) is 4.28. The number of amides is 1. The first-order chi connectivity index (χ1) is 17.1. The summed E-state index contributed by atoms with van der Waals surface area (Å²) >= 11 is 0. The van der Waals surface area contributed by atoms with Gasteiger partial charge in [-0.05, 0) is 54.1 Å². The third-order valence-corrected chi connectivity index (χ3v) is 5.94. The van der Waals surface area contributed by atoms with E-state index in [9.17, 15) is 9.90 Å². The van der Waals surface area contributed by atoms with Crippen LogP contribution in [0.25, 0.3) is 39.1 Å². The summed E-state index contributed by atoms with van der Waals surface area (Å²) in [6.45, 7) is 0.465. The van der Waals surface area contributed by atoms with Gasteiger partial charge >= 0.3 is 0 Å². The van der Waals surface area contributed by atoms with Crippen molar-refractivity contribution in [1.29, 1.82) is 0 Å². The third-order valence-electron chi connectivity index (χ3n) is 5.94. The number of ether oxygens (including phenoxy) is 2. The van der Waals surface area contributed by atoms with Gasteiger partial charge in [-0.15, -0.1) is 0 Å². The van der Waals surface area contributed by atoms with Crippen molar-refractivity contribution in [2.75, 3.05) is 6.79 Å². The van der Waals surface area contributed by atoms with Crippen LogP contribution in [0, 0.1) is 0 Å². The van der Waals surface area contributed by atoms with Crippen LogP contribution in [0.15, 0.2) is 78.9 Å². The van der Waals surface area contributed by atoms with E-state index in [1.807, 2.05) is 48.5 Å². The van der Waals surface area contributed by atoms with Gasteiger partial charge in [0.25, 0.3) is 0 Å². The molecular weight excluding hydrogens is 442 g/mol. The summed E-state index contributed by atoms with van der Waals surface area (Å²) in [6.07, 6.45) is 3.10. The van der Waals surface area contributed by atoms with Crippen LogP contribution in [0.4, 0.5) is 0 Å². The number of carbonyl (C=O) groups excluding carboxylic acids is 1. The molecular formula is C28H21N3O4. The van der Waals surface area contributed by atoms with Crippen molar-refractivity contribution in [2.45, 2.75) is 6.54 Å². The van der Waals surface area contributed by atoms with Crippen LogP contribution >= 0.6 is 0 Å². The molecule has 7 heteroatoms. The molecule has 2 aromatic heterocycles. The minimum atomic E-state index is -0.251. The summed E-state index contributed by atoms with van der Waals surface area (Å²) in [5.41, 5.74) is 5.07. The third kappa shape index (κ3) is 4.04. The van der Waals surface area contributed by atoms with Gasteiger partial charge in [-0.25, -0.2) is 4.98 Å². The molecule has 0 unspecified atom stereocenters. The van der Waals surface area contributed by atoms with Gasteiger partial charge in [-0.1, -0.05) is 30.3 Å². The van der Waals surface area contributed by atoms with Gasteiger partial charge in [0, 0.05) is 27.9 Å². The number of phenolic OH excluding ortho intramolecular Hbond substituents is 1. The van der Waals surface area contributed by atoms with Crippen LogP contribution in [0.5, 0.6) is 17.2 Å². The number of carbonyl (C=O) groups is 1. The molecule has 5 aromatic rings. The standard InChI is InChI=1S/C28H21N3O4/c32-20-5-3-4-17(12-20)8-11-26(33)29-15-19-14-22-21-6-1-2-7-23(21)31-28(22)27(30-19)18-9-10-24-25(13-18)35-16-34-24/h1-14,31-32H,15-16H2,(H,29,33)/b11-8+. The van der Waals surface area contributed by atoms with Crippen LogP contribution in [0.1, 0.15) is 11.3 Å². The molecule has 1 amide bonds. The predicted octanol–water partition coefficient (Wildman–Crippen LogP) is 5.15. The average Bonchev–Trinajstić information content (AvgIpc) is 3.50. The summed E-state index contributed by atoms with van der Waals surface area (Å²) in [5, 5.41) is 14.6. The maximum atomic E-state index is 12.5. The van der Waals surface area contributed by atoms with E-state index >= 15 is 0 Å². The number of H-pyrrole nitrogens is 1. The fraction of sp³-hybridized carbons (Fsp3) is 0.0714. The number of nitrogens with one attached hydrogen (secondary N) is 2. The van der Waals surface area contributed by atoms with Crippen molar-refractivity contribution in [3.05, 3.63) is 90.1 Å². The number of nitrogens with zero attached hydrogens (tertiary/aromatic N) is 1. The molecule has 7 nitrogen and oxygen atoms in total. The highest BCUT2D eigenvalue weighted by Crippen LogP contribution is 2.38. The molecule has 3 heterocycles. The van der Waals surface area contributed by atoms with Gasteiger partial charge < -0.3 is 24.9 Å². The first-order valence-corrected chi connectivity index (χ1v) is 11.2. The average molecular weight is 463 g/mol. The number of benzene rings is 3. The van der Waals surface area contributed by atoms with Gasteiger partial charge in [0.1, 0.15) is 5.75 Å². The SMILES string of the molecule is O=C(/C=C/c1cccc(O)c1)NCc1cc2c([nH]c3ccccc32)c(-c2ccc3c(c2)OCO3)n1. The van der Waals surface area contributed by atoms with Gasteiger partial charge in [0.15, 0.2) is 11.5 Å². The number of phenols is 1. The molecule has 0 fully saturated rings. The lowest BCUT2D eigenvalue weighted by molar-refractivity contribution is -0.116. The quantitative estimate of drug-likeness (QED) is 0.314. The van der Waals surface area contributed by atoms with Crippen molar-refractivity contribution in [2.24, 2.45) is 0 Å². The molecule has 0 atom stereocenters. The Morgan fingerprint density at radius 3 is 2.80 bits per heavy atom. The Morgan fingerprint density at radius 1 is 1.00 bits per heavy atom. The maximum Gasteiger partial charge on any atom is 0.244 e. The lowest BCUT2D eigenvalue weighted by Gasteiger charge is -2.09. The largest absolute Gasteiger partial charge is 0.508 e. The molecule has 1 aliphatic heterocycles. The molecule has 3 N–H and O–H groups in total. The Labute approximate surface area is 200 Å². The van der Waals surface area contributed by atoms with Crippen molar-refractivity contribution >= 4 is 33.8 Å². The first-order valence-electron chi connectivity index (χ1n) is 11.2. The minimum Gasteiger partial charge on any atom is -0.508 e. The van der Waals surface area contributed by atoms with Crippen LogP contribution in [-0.4, -0.2) is 27.8 Å². The smallest absolute Gasteiger partial charge is 0.244 e. The highest BCUT2D eigenvalue weighted by molar-refractivity contribution is 6.11. The zero-order valence-electron chi connectivity index (χ0n) is 18.6. The van der Waals surface area contributed by atoms with E-state index in [1.165, 1.54) is 6.08 Å². The molecule has 172 valence electrons. The lowest BCUT2D eigenvalue weighted by Crippen LogP contribution is -2.21. The molecule has 0 bridgehead atoms. The molecule has 1 aliphatic rings. The molecule has 35 heavy (non-hydrogen) atoms. The number of aromatic nitrogens is 2. The van der Waals surface area contributed by atoms with Crippen molar-refractivity contribution in [3.8, 4) is 28.5 Å². The van der Waals surface area contributed by atoms with Crippen molar-refractivity contribution < 1.29 is 19.4 Å². The molecule has 0 spiro atoms. The minimum absolute atomic E-state index is 0.153. The monoisotopic (exact) mass is 463 g/mol. The number of fused-ring (bicyclic) bond motifs is 4. The summed E-state index contributed by atoms with van der Waals surface area (Å²) in [7, 11) is 0. The summed E-state index contributed by atoms with van der Waals surface area (Å²) in [4.78, 5) is 20.8. The van der Waals surface area contributed by atoms with Crippen molar-refractivity contribution in [1.82, 2.24) is 15.3 Å². The molecule has 0 saturated carbocycles. The fourth-order valence-electron chi connectivity index (χ4n) is 4.28. The summed E-state index contributed by atoms with van der Waals surface area (Å²) < 4.78 is 11.0. The highest BCUT2D eigenvalue weighted by Gasteiger charge is 2.18. The van der Waals surface area contributed by atoms with E-state index < -0.39 is 0 Å². The zero-order chi connectivity index (χ0) is 23.8. The van der Waals surface area contributed by atoms with Gasteiger partial charge in [0.05, 0.1) is 23.4 Å². The molecule has 0 aliphatic carbocycles. The van der Waals surface area contributed by atoms with E-state index in [0.29, 0.717) is 11.5 Å². The Balaban J connectivity index is 1.34. The van der Waals surface area contributed by atoms with Crippen LogP contribution in [0.3, 0.4) is 0 Å². The second-order valence-corrected chi connectivity index (χ2v) is 8.27. The van der Waals surface area contributed by atoms with E-state index in [-0.39, 0.29) is 25.0 Å². The van der Waals surface area contributed by atoms with E-state index in [4.69, 9.17) is 14.5 Å². The number of para-hydroxylation sites is 1. The van der Waals surface area contributed by atoms with E-state index in [1.54, 1.807) is 24.3 Å². The predicted molar refractivity (Wildman–Crippen MR) is 134 cm³/mol. The Hall–Kier alpha value is -4.78. The molecule has 3 aromatic carbocycles. The Morgan fingerprint density at radius 2 is 1.89 bits per heavy atom. The normalized spacial score (nSPS) is 12.6. The number of rotatable bonds is 5. The first kappa shape index (κ1) is 20.8. The molecule has 6 rings (SSSR count). The van der Waals surface area contributed by atoms with Gasteiger partial charge in [-0.3, -0.25) is 4.79 Å². The van der Waals surface area contributed by atoms with Crippen LogP contribution < -0.4 is 14.8 Å². The lowest BCUT2D eigenvalue weighted by atomic mass is 10.1. The second kappa shape index (κ2) is 8.53. The Kier molecular flexibility index (Phi) is 5.07. The summed E-state index contributed by atoms with van der Waals surface area (Å²) in [5.74, 6) is 1.30. The number of aromatic hydroxyl groups is 1. The molecule has 0 radical (unpaired) electrons. The Bertz CT molecular complexity index is 1620. The molecule has 0 saturated heterocycles.